The van der Waals surface area contributed by atoms with Crippen molar-refractivity contribution in [3.63, 3.8) is 0 Å². The molecule has 0 bridgehead atoms. The summed E-state index contributed by atoms with van der Waals surface area (Å²) in [7, 11) is 0. The lowest BCUT2D eigenvalue weighted by Gasteiger charge is -2.16. The van der Waals surface area contributed by atoms with Crippen LogP contribution in [0.25, 0.3) is 55.0 Å². The van der Waals surface area contributed by atoms with E-state index in [1.54, 1.807) is 0 Å². The van der Waals surface area contributed by atoms with E-state index >= 15 is 0 Å². The number of hydrogen-bond donors (Lipinski definition) is 0. The second-order valence-corrected chi connectivity index (χ2v) is 10.2. The van der Waals surface area contributed by atoms with E-state index in [2.05, 4.69) is 150 Å². The fourth-order valence-electron chi connectivity index (χ4n) is 5.23. The van der Waals surface area contributed by atoms with Crippen molar-refractivity contribution < 1.29 is 0 Å². The van der Waals surface area contributed by atoms with Crippen LogP contribution in [-0.2, 0) is 0 Å². The topological polar surface area (TPSA) is 9.86 Å². The number of fused-ring (bicyclic) bond motifs is 6. The molecule has 7 rings (SSSR count). The van der Waals surface area contributed by atoms with Gasteiger partial charge in [0.15, 0.2) is 0 Å². The zero-order valence-electron chi connectivity index (χ0n) is 18.0. The van der Waals surface area contributed by atoms with Gasteiger partial charge in [0.1, 0.15) is 0 Å². The van der Waals surface area contributed by atoms with Crippen LogP contribution in [0.1, 0.15) is 0 Å². The number of halogens is 2. The lowest BCUT2D eigenvalue weighted by molar-refractivity contribution is 1.12. The van der Waals surface area contributed by atoms with Gasteiger partial charge in [-0.15, -0.1) is 0 Å². The number of rotatable bonds is 2. The molecule has 0 atom stereocenters. The predicted octanol–water partition coefficient (Wildman–Crippen LogP) is 9.41. The molecular weight excluding hydrogens is 548 g/mol. The SMILES string of the molecule is Brc1cc(-n2c3ccccc3c3ccccc32)c(Br)cc1-n1c2ccccc2c2ccccc21. The van der Waals surface area contributed by atoms with Crippen molar-refractivity contribution in [2.75, 3.05) is 0 Å². The summed E-state index contributed by atoms with van der Waals surface area (Å²) >= 11 is 7.87. The van der Waals surface area contributed by atoms with E-state index in [9.17, 15) is 0 Å². The van der Waals surface area contributed by atoms with Gasteiger partial charge in [0, 0.05) is 30.5 Å². The van der Waals surface area contributed by atoms with Crippen molar-refractivity contribution in [3.05, 3.63) is 118 Å². The van der Waals surface area contributed by atoms with E-state index < -0.39 is 0 Å². The first kappa shape index (κ1) is 20.1. The number of hydrogen-bond acceptors (Lipinski definition) is 0. The quantitative estimate of drug-likeness (QED) is 0.197. The van der Waals surface area contributed by atoms with Crippen LogP contribution in [0.2, 0.25) is 0 Å². The summed E-state index contributed by atoms with van der Waals surface area (Å²) < 4.78 is 6.77. The van der Waals surface area contributed by atoms with Gasteiger partial charge in [0.2, 0.25) is 0 Å². The Hall–Kier alpha value is -3.34. The maximum Gasteiger partial charge on any atom is 0.0617 e. The van der Waals surface area contributed by atoms with Crippen LogP contribution in [-0.4, -0.2) is 9.13 Å². The second-order valence-electron chi connectivity index (χ2n) is 8.49. The van der Waals surface area contributed by atoms with E-state index in [4.69, 9.17) is 0 Å². The molecule has 0 amide bonds. The van der Waals surface area contributed by atoms with E-state index in [0.29, 0.717) is 0 Å². The molecule has 0 saturated carbocycles. The third-order valence-electron chi connectivity index (χ3n) is 6.66. The van der Waals surface area contributed by atoms with Crippen molar-refractivity contribution in [1.82, 2.24) is 9.13 Å². The van der Waals surface area contributed by atoms with Crippen LogP contribution in [0.15, 0.2) is 118 Å². The Morgan fingerprint density at radius 2 is 0.647 bits per heavy atom. The summed E-state index contributed by atoms with van der Waals surface area (Å²) in [5.41, 5.74) is 6.99. The number of para-hydroxylation sites is 4. The Bertz CT molecular complexity index is 1650. The summed E-state index contributed by atoms with van der Waals surface area (Å²) in [4.78, 5) is 0. The molecule has 2 aromatic heterocycles. The predicted molar refractivity (Wildman–Crippen MR) is 151 cm³/mol. The van der Waals surface area contributed by atoms with Gasteiger partial charge >= 0.3 is 0 Å². The maximum absolute atomic E-state index is 3.93. The van der Waals surface area contributed by atoms with Gasteiger partial charge in [-0.25, -0.2) is 0 Å². The molecule has 0 saturated heterocycles. The molecule has 0 unspecified atom stereocenters. The Morgan fingerprint density at radius 3 is 0.941 bits per heavy atom. The molecule has 5 aromatic carbocycles. The van der Waals surface area contributed by atoms with Crippen molar-refractivity contribution in [2.45, 2.75) is 0 Å². The summed E-state index contributed by atoms with van der Waals surface area (Å²) in [5, 5.41) is 5.03. The van der Waals surface area contributed by atoms with Crippen LogP contribution in [0.5, 0.6) is 0 Å². The summed E-state index contributed by atoms with van der Waals surface area (Å²) in [5.74, 6) is 0. The number of aromatic nitrogens is 2. The summed E-state index contributed by atoms with van der Waals surface area (Å²) in [6.45, 7) is 0. The molecule has 0 aliphatic heterocycles. The Kier molecular flexibility index (Phi) is 4.48. The highest BCUT2D eigenvalue weighted by Gasteiger charge is 2.18. The van der Waals surface area contributed by atoms with Crippen molar-refractivity contribution in [1.29, 1.82) is 0 Å². The molecule has 0 N–H and O–H groups in total. The molecule has 2 nitrogen and oxygen atoms in total. The van der Waals surface area contributed by atoms with Crippen LogP contribution < -0.4 is 0 Å². The van der Waals surface area contributed by atoms with Crippen LogP contribution >= 0.6 is 31.9 Å². The van der Waals surface area contributed by atoms with E-state index in [-0.39, 0.29) is 0 Å². The molecule has 0 aliphatic carbocycles. The molecule has 162 valence electrons. The molecule has 0 fully saturated rings. The number of nitrogens with zero attached hydrogens (tertiary/aromatic N) is 2. The highest BCUT2D eigenvalue weighted by molar-refractivity contribution is 9.11. The average Bonchev–Trinajstić information content (AvgIpc) is 3.39. The molecule has 7 aromatic rings. The third-order valence-corrected chi connectivity index (χ3v) is 7.93. The average molecular weight is 566 g/mol. The fourth-order valence-corrected chi connectivity index (χ4v) is 6.25. The maximum atomic E-state index is 3.93. The first-order valence-corrected chi connectivity index (χ1v) is 12.8. The fraction of sp³-hybridized carbons (Fsp3) is 0. The van der Waals surface area contributed by atoms with E-state index in [1.807, 2.05) is 0 Å². The van der Waals surface area contributed by atoms with Gasteiger partial charge < -0.3 is 9.13 Å². The Labute approximate surface area is 213 Å². The van der Waals surface area contributed by atoms with E-state index in [1.165, 1.54) is 43.6 Å². The van der Waals surface area contributed by atoms with Crippen molar-refractivity contribution in [3.8, 4) is 11.4 Å². The normalized spacial score (nSPS) is 11.8. The monoisotopic (exact) mass is 564 g/mol. The van der Waals surface area contributed by atoms with Crippen molar-refractivity contribution >= 4 is 75.5 Å². The minimum absolute atomic E-state index is 1.04. The van der Waals surface area contributed by atoms with Crippen LogP contribution in [0, 0.1) is 0 Å². The Balaban J connectivity index is 1.54. The summed E-state index contributed by atoms with van der Waals surface area (Å²) in [6, 6.07) is 38.8. The van der Waals surface area contributed by atoms with Gasteiger partial charge in [-0.1, -0.05) is 72.8 Å². The molecule has 0 radical (unpaired) electrons. The molecule has 2 heterocycles. The summed E-state index contributed by atoms with van der Waals surface area (Å²) in [6.07, 6.45) is 0. The molecule has 0 spiro atoms. The second kappa shape index (κ2) is 7.59. The first-order valence-electron chi connectivity index (χ1n) is 11.2. The smallest absolute Gasteiger partial charge is 0.0617 e. The van der Waals surface area contributed by atoms with Crippen LogP contribution in [0.3, 0.4) is 0 Å². The van der Waals surface area contributed by atoms with Gasteiger partial charge in [-0.3, -0.25) is 0 Å². The molecule has 0 aliphatic rings. The molecule has 4 heteroatoms. The Morgan fingerprint density at radius 1 is 0.382 bits per heavy atom. The van der Waals surface area contributed by atoms with E-state index in [0.717, 1.165) is 20.3 Å². The van der Waals surface area contributed by atoms with Crippen LogP contribution in [0.4, 0.5) is 0 Å². The van der Waals surface area contributed by atoms with Gasteiger partial charge in [0.25, 0.3) is 0 Å². The minimum Gasteiger partial charge on any atom is -0.308 e. The molecular formula is C30H18Br2N2. The highest BCUT2D eigenvalue weighted by Crippen LogP contribution is 2.40. The lowest BCUT2D eigenvalue weighted by Crippen LogP contribution is -2.00. The molecule has 34 heavy (non-hydrogen) atoms. The van der Waals surface area contributed by atoms with Crippen molar-refractivity contribution in [2.24, 2.45) is 0 Å². The largest absolute Gasteiger partial charge is 0.308 e. The zero-order valence-corrected chi connectivity index (χ0v) is 21.2. The van der Waals surface area contributed by atoms with Gasteiger partial charge in [0.05, 0.1) is 33.4 Å². The minimum atomic E-state index is 1.04. The first-order chi connectivity index (χ1) is 16.7. The third kappa shape index (κ3) is 2.79. The highest BCUT2D eigenvalue weighted by atomic mass is 79.9. The number of benzene rings is 5. The lowest BCUT2D eigenvalue weighted by atomic mass is 10.2. The standard InChI is InChI=1S/C30H18Br2N2/c31-23-18-30(34-27-15-7-3-11-21(27)22-12-4-8-16-28(22)34)24(32)17-29(23)33-25-13-5-1-9-19(25)20-10-2-6-14-26(20)33/h1-18H. The van der Waals surface area contributed by atoms with Gasteiger partial charge in [-0.05, 0) is 68.3 Å². The van der Waals surface area contributed by atoms with Gasteiger partial charge in [-0.2, -0.15) is 0 Å². The zero-order chi connectivity index (χ0) is 22.8.